The minimum atomic E-state index is 0.204. The van der Waals surface area contributed by atoms with E-state index in [-0.39, 0.29) is 5.41 Å². The first-order valence-corrected chi connectivity index (χ1v) is 6.10. The number of hydrogen-bond donors (Lipinski definition) is 1. The minimum absolute atomic E-state index is 0.204. The second-order valence-corrected chi connectivity index (χ2v) is 5.59. The standard InChI is InChI=1S/C13H25N3/c1-7-8-14-12(13(3,4)5)11-9-10(2)15-16(11)6/h9,12,14H,7-8H2,1-6H3. The Bertz CT molecular complexity index is 333. The third-order valence-electron chi connectivity index (χ3n) is 2.80. The number of nitrogens with one attached hydrogen (secondary N) is 1. The molecule has 0 radical (unpaired) electrons. The Morgan fingerprint density at radius 1 is 1.44 bits per heavy atom. The molecule has 0 aliphatic heterocycles. The van der Waals surface area contributed by atoms with Gasteiger partial charge < -0.3 is 5.32 Å². The Labute approximate surface area is 99.2 Å². The molecule has 0 aromatic carbocycles. The van der Waals surface area contributed by atoms with Crippen LogP contribution in [0.25, 0.3) is 0 Å². The SMILES string of the molecule is CCCNC(c1cc(C)nn1C)C(C)(C)C. The Balaban J connectivity index is 2.96. The van der Waals surface area contributed by atoms with Crippen LogP contribution in [0.3, 0.4) is 0 Å². The summed E-state index contributed by atoms with van der Waals surface area (Å²) in [4.78, 5) is 0. The van der Waals surface area contributed by atoms with Crippen molar-refractivity contribution in [1.82, 2.24) is 15.1 Å². The van der Waals surface area contributed by atoms with Crippen molar-refractivity contribution in [2.75, 3.05) is 6.54 Å². The number of nitrogens with zero attached hydrogens (tertiary/aromatic N) is 2. The van der Waals surface area contributed by atoms with E-state index in [2.05, 4.69) is 44.2 Å². The highest BCUT2D eigenvalue weighted by Crippen LogP contribution is 2.32. The largest absolute Gasteiger partial charge is 0.308 e. The Morgan fingerprint density at radius 3 is 2.44 bits per heavy atom. The van der Waals surface area contributed by atoms with Crippen LogP contribution in [0.15, 0.2) is 6.07 Å². The Morgan fingerprint density at radius 2 is 2.06 bits per heavy atom. The predicted octanol–water partition coefficient (Wildman–Crippen LogP) is 2.82. The molecule has 0 saturated heterocycles. The van der Waals surface area contributed by atoms with E-state index in [9.17, 15) is 0 Å². The summed E-state index contributed by atoms with van der Waals surface area (Å²) in [5.74, 6) is 0. The average molecular weight is 223 g/mol. The van der Waals surface area contributed by atoms with Crippen LogP contribution in [0.1, 0.15) is 51.5 Å². The van der Waals surface area contributed by atoms with E-state index in [4.69, 9.17) is 0 Å². The van der Waals surface area contributed by atoms with Crippen molar-refractivity contribution in [1.29, 1.82) is 0 Å². The molecule has 1 N–H and O–H groups in total. The first-order chi connectivity index (χ1) is 7.36. The molecule has 1 atom stereocenters. The van der Waals surface area contributed by atoms with Crippen molar-refractivity contribution < 1.29 is 0 Å². The molecule has 92 valence electrons. The summed E-state index contributed by atoms with van der Waals surface area (Å²) < 4.78 is 1.99. The van der Waals surface area contributed by atoms with Crippen LogP contribution in [-0.2, 0) is 7.05 Å². The van der Waals surface area contributed by atoms with Crippen molar-refractivity contribution in [3.05, 3.63) is 17.5 Å². The quantitative estimate of drug-likeness (QED) is 0.850. The second-order valence-electron chi connectivity index (χ2n) is 5.59. The summed E-state index contributed by atoms with van der Waals surface area (Å²) >= 11 is 0. The van der Waals surface area contributed by atoms with E-state index in [1.54, 1.807) is 0 Å². The summed E-state index contributed by atoms with van der Waals surface area (Å²) in [6.07, 6.45) is 1.16. The smallest absolute Gasteiger partial charge is 0.0597 e. The van der Waals surface area contributed by atoms with Crippen molar-refractivity contribution in [2.24, 2.45) is 12.5 Å². The fourth-order valence-corrected chi connectivity index (χ4v) is 2.04. The number of aryl methyl sites for hydroxylation is 2. The van der Waals surface area contributed by atoms with Gasteiger partial charge in [0.15, 0.2) is 0 Å². The van der Waals surface area contributed by atoms with Gasteiger partial charge >= 0.3 is 0 Å². The zero-order valence-corrected chi connectivity index (χ0v) is 11.5. The summed E-state index contributed by atoms with van der Waals surface area (Å²) in [5.41, 5.74) is 2.57. The molecule has 3 heteroatoms. The maximum atomic E-state index is 4.43. The van der Waals surface area contributed by atoms with Crippen molar-refractivity contribution >= 4 is 0 Å². The van der Waals surface area contributed by atoms with Gasteiger partial charge in [-0.05, 0) is 31.4 Å². The van der Waals surface area contributed by atoms with Crippen molar-refractivity contribution in [2.45, 2.75) is 47.1 Å². The van der Waals surface area contributed by atoms with Crippen LogP contribution >= 0.6 is 0 Å². The molecular formula is C13H25N3. The topological polar surface area (TPSA) is 29.9 Å². The molecule has 0 aliphatic carbocycles. The molecule has 1 rings (SSSR count). The zero-order valence-electron chi connectivity index (χ0n) is 11.5. The lowest BCUT2D eigenvalue weighted by molar-refractivity contribution is 0.261. The van der Waals surface area contributed by atoms with Crippen molar-refractivity contribution in [3.63, 3.8) is 0 Å². The first kappa shape index (κ1) is 13.2. The molecular weight excluding hydrogens is 198 g/mol. The van der Waals surface area contributed by atoms with E-state index >= 15 is 0 Å². The minimum Gasteiger partial charge on any atom is -0.308 e. The predicted molar refractivity (Wildman–Crippen MR) is 68.4 cm³/mol. The van der Waals surface area contributed by atoms with Crippen LogP contribution < -0.4 is 5.32 Å². The number of hydrogen-bond acceptors (Lipinski definition) is 2. The van der Waals surface area contributed by atoms with E-state index in [1.165, 1.54) is 5.69 Å². The molecule has 1 unspecified atom stereocenters. The second kappa shape index (κ2) is 5.00. The lowest BCUT2D eigenvalue weighted by Gasteiger charge is -2.31. The lowest BCUT2D eigenvalue weighted by Crippen LogP contribution is -2.34. The van der Waals surface area contributed by atoms with Gasteiger partial charge in [0.05, 0.1) is 17.4 Å². The molecule has 16 heavy (non-hydrogen) atoms. The number of rotatable bonds is 4. The van der Waals surface area contributed by atoms with Gasteiger partial charge in [-0.25, -0.2) is 0 Å². The zero-order chi connectivity index (χ0) is 12.3. The van der Waals surface area contributed by atoms with E-state index in [0.29, 0.717) is 6.04 Å². The molecule has 1 aromatic heterocycles. The Hall–Kier alpha value is -0.830. The summed E-state index contributed by atoms with van der Waals surface area (Å²) in [7, 11) is 2.02. The molecule has 1 heterocycles. The highest BCUT2D eigenvalue weighted by Gasteiger charge is 2.28. The summed E-state index contributed by atoms with van der Waals surface area (Å²) in [6.45, 7) is 12.1. The van der Waals surface area contributed by atoms with E-state index in [1.807, 2.05) is 18.7 Å². The average Bonchev–Trinajstić information content (AvgIpc) is 2.44. The molecule has 0 spiro atoms. The van der Waals surface area contributed by atoms with Gasteiger partial charge in [0, 0.05) is 7.05 Å². The van der Waals surface area contributed by atoms with Gasteiger partial charge in [0.1, 0.15) is 0 Å². The van der Waals surface area contributed by atoms with Gasteiger partial charge in [0.2, 0.25) is 0 Å². The first-order valence-electron chi connectivity index (χ1n) is 6.10. The third kappa shape index (κ3) is 3.08. The summed E-state index contributed by atoms with van der Waals surface area (Å²) in [5, 5.41) is 8.05. The fourth-order valence-electron chi connectivity index (χ4n) is 2.04. The third-order valence-corrected chi connectivity index (χ3v) is 2.80. The van der Waals surface area contributed by atoms with Crippen LogP contribution in [0.2, 0.25) is 0 Å². The molecule has 0 bridgehead atoms. The normalized spacial score (nSPS) is 14.1. The van der Waals surface area contributed by atoms with Gasteiger partial charge in [-0.1, -0.05) is 27.7 Å². The fraction of sp³-hybridized carbons (Fsp3) is 0.769. The molecule has 0 saturated carbocycles. The molecule has 3 nitrogen and oxygen atoms in total. The highest BCUT2D eigenvalue weighted by molar-refractivity contribution is 5.15. The molecule has 1 aromatic rings. The van der Waals surface area contributed by atoms with Gasteiger partial charge in [-0.15, -0.1) is 0 Å². The van der Waals surface area contributed by atoms with Crippen LogP contribution in [-0.4, -0.2) is 16.3 Å². The number of aromatic nitrogens is 2. The van der Waals surface area contributed by atoms with Crippen LogP contribution in [0, 0.1) is 12.3 Å². The van der Waals surface area contributed by atoms with Crippen LogP contribution in [0.5, 0.6) is 0 Å². The lowest BCUT2D eigenvalue weighted by atomic mass is 9.84. The molecule has 0 amide bonds. The molecule has 0 fully saturated rings. The van der Waals surface area contributed by atoms with Crippen molar-refractivity contribution in [3.8, 4) is 0 Å². The van der Waals surface area contributed by atoms with Gasteiger partial charge in [0.25, 0.3) is 0 Å². The van der Waals surface area contributed by atoms with Gasteiger partial charge in [-0.2, -0.15) is 5.10 Å². The monoisotopic (exact) mass is 223 g/mol. The van der Waals surface area contributed by atoms with Gasteiger partial charge in [-0.3, -0.25) is 4.68 Å². The van der Waals surface area contributed by atoms with Crippen LogP contribution in [0.4, 0.5) is 0 Å². The maximum Gasteiger partial charge on any atom is 0.0597 e. The maximum absolute atomic E-state index is 4.43. The Kier molecular flexibility index (Phi) is 4.14. The highest BCUT2D eigenvalue weighted by atomic mass is 15.3. The summed E-state index contributed by atoms with van der Waals surface area (Å²) in [6, 6.07) is 2.54. The molecule has 0 aliphatic rings. The van der Waals surface area contributed by atoms with E-state index in [0.717, 1.165) is 18.7 Å². The van der Waals surface area contributed by atoms with E-state index < -0.39 is 0 Å².